The van der Waals surface area contributed by atoms with E-state index >= 15 is 0 Å². The molecule has 3 fully saturated rings. The highest BCUT2D eigenvalue weighted by Crippen LogP contribution is 2.24. The van der Waals surface area contributed by atoms with Crippen LogP contribution in [0.1, 0.15) is 74.6 Å². The van der Waals surface area contributed by atoms with Crippen LogP contribution in [0.4, 0.5) is 0 Å². The Labute approximate surface area is 182 Å². The van der Waals surface area contributed by atoms with Crippen molar-refractivity contribution in [2.24, 2.45) is 0 Å². The zero-order chi connectivity index (χ0) is 20.8. The molecule has 2 heterocycles. The van der Waals surface area contributed by atoms with Gasteiger partial charge >= 0.3 is 0 Å². The van der Waals surface area contributed by atoms with Crippen LogP contribution in [0.3, 0.4) is 0 Å². The van der Waals surface area contributed by atoms with Crippen LogP contribution in [0.25, 0.3) is 0 Å². The van der Waals surface area contributed by atoms with Crippen LogP contribution in [-0.2, 0) is 0 Å². The Morgan fingerprint density at radius 2 is 1.63 bits per heavy atom. The van der Waals surface area contributed by atoms with Gasteiger partial charge in [-0.05, 0) is 76.9 Å². The second kappa shape index (κ2) is 10.6. The highest BCUT2D eigenvalue weighted by Gasteiger charge is 2.28. The van der Waals surface area contributed by atoms with E-state index in [2.05, 4.69) is 22.2 Å². The molecule has 2 saturated heterocycles. The molecule has 0 atom stereocenters. The molecule has 166 valence electrons. The van der Waals surface area contributed by atoms with E-state index in [-0.39, 0.29) is 12.0 Å². The summed E-state index contributed by atoms with van der Waals surface area (Å²) in [6.45, 7) is 4.69. The molecule has 1 N–H and O–H groups in total. The Bertz CT molecular complexity index is 671. The Morgan fingerprint density at radius 1 is 0.933 bits per heavy atom. The van der Waals surface area contributed by atoms with Crippen LogP contribution < -0.4 is 10.1 Å². The molecule has 0 radical (unpaired) electrons. The molecule has 5 nitrogen and oxygen atoms in total. The van der Waals surface area contributed by atoms with Crippen LogP contribution in [0, 0.1) is 0 Å². The van der Waals surface area contributed by atoms with Gasteiger partial charge in [-0.25, -0.2) is 0 Å². The first-order valence-corrected chi connectivity index (χ1v) is 12.2. The minimum absolute atomic E-state index is 0.0458. The van der Waals surface area contributed by atoms with E-state index in [1.807, 2.05) is 24.3 Å². The van der Waals surface area contributed by atoms with Crippen molar-refractivity contribution in [2.45, 2.75) is 82.4 Å². The number of carbonyl (C=O) groups is 1. The first-order valence-electron chi connectivity index (χ1n) is 12.2. The van der Waals surface area contributed by atoms with Gasteiger partial charge in [-0.3, -0.25) is 4.79 Å². The fourth-order valence-corrected chi connectivity index (χ4v) is 5.31. The van der Waals surface area contributed by atoms with Gasteiger partial charge in [-0.15, -0.1) is 0 Å². The van der Waals surface area contributed by atoms with Crippen molar-refractivity contribution in [3.8, 4) is 5.75 Å². The molecule has 0 aromatic heterocycles. The van der Waals surface area contributed by atoms with Crippen molar-refractivity contribution >= 4 is 5.91 Å². The molecule has 0 spiro atoms. The average Bonchev–Trinajstić information content (AvgIpc) is 3.04. The van der Waals surface area contributed by atoms with Crippen LogP contribution in [0.15, 0.2) is 24.3 Å². The number of amides is 1. The summed E-state index contributed by atoms with van der Waals surface area (Å²) >= 11 is 0. The summed E-state index contributed by atoms with van der Waals surface area (Å²) in [7, 11) is 2.22. The summed E-state index contributed by atoms with van der Waals surface area (Å²) in [5.74, 6) is 0.880. The number of likely N-dealkylation sites (tertiary alicyclic amines) is 2. The van der Waals surface area contributed by atoms with Gasteiger partial charge in [0.15, 0.2) is 0 Å². The van der Waals surface area contributed by atoms with Gasteiger partial charge < -0.3 is 19.9 Å². The summed E-state index contributed by atoms with van der Waals surface area (Å²) in [6, 6.07) is 8.85. The Hall–Kier alpha value is -1.59. The van der Waals surface area contributed by atoms with Crippen LogP contribution in [-0.4, -0.2) is 67.1 Å². The quantitative estimate of drug-likeness (QED) is 0.739. The van der Waals surface area contributed by atoms with Gasteiger partial charge in [0.25, 0.3) is 5.91 Å². The minimum atomic E-state index is 0.0458. The van der Waals surface area contributed by atoms with Gasteiger partial charge in [0, 0.05) is 30.7 Å². The predicted octanol–water partition coefficient (Wildman–Crippen LogP) is 4.08. The SMILES string of the molecule is CN1CCC(N2CCC(Oc3cccc(C(=O)NC4CCCCCC4)c3)CC2)CC1. The number of hydrogen-bond donors (Lipinski definition) is 1. The molecule has 0 bridgehead atoms. The number of rotatable bonds is 5. The molecular formula is C25H39N3O2. The average molecular weight is 414 g/mol. The van der Waals surface area contributed by atoms with Gasteiger partial charge in [0.05, 0.1) is 0 Å². The first kappa shape index (κ1) is 21.6. The van der Waals surface area contributed by atoms with Crippen molar-refractivity contribution in [3.63, 3.8) is 0 Å². The van der Waals surface area contributed by atoms with Crippen LogP contribution >= 0.6 is 0 Å². The zero-order valence-corrected chi connectivity index (χ0v) is 18.7. The maximum absolute atomic E-state index is 12.7. The summed E-state index contributed by atoms with van der Waals surface area (Å²) in [4.78, 5) is 17.8. The monoisotopic (exact) mass is 413 g/mol. The molecule has 1 aromatic carbocycles. The molecule has 4 rings (SSSR count). The van der Waals surface area contributed by atoms with Gasteiger partial charge in [0.2, 0.25) is 0 Å². The lowest BCUT2D eigenvalue weighted by Crippen LogP contribution is -2.48. The lowest BCUT2D eigenvalue weighted by atomic mass is 9.99. The molecular weight excluding hydrogens is 374 g/mol. The minimum Gasteiger partial charge on any atom is -0.490 e. The molecule has 2 aliphatic heterocycles. The molecule has 0 unspecified atom stereocenters. The Morgan fingerprint density at radius 3 is 2.33 bits per heavy atom. The van der Waals surface area contributed by atoms with Crippen molar-refractivity contribution in [1.82, 2.24) is 15.1 Å². The van der Waals surface area contributed by atoms with Gasteiger partial charge in [-0.1, -0.05) is 31.7 Å². The molecule has 1 aliphatic carbocycles. The fraction of sp³-hybridized carbons (Fsp3) is 0.720. The van der Waals surface area contributed by atoms with Crippen LogP contribution in [0.5, 0.6) is 5.75 Å². The van der Waals surface area contributed by atoms with Crippen LogP contribution in [0.2, 0.25) is 0 Å². The van der Waals surface area contributed by atoms with Crippen molar-refractivity contribution < 1.29 is 9.53 Å². The third kappa shape index (κ3) is 5.98. The summed E-state index contributed by atoms with van der Waals surface area (Å²) in [5.41, 5.74) is 0.723. The maximum atomic E-state index is 12.7. The Kier molecular flexibility index (Phi) is 7.67. The number of piperidine rings is 2. The normalized spacial score (nSPS) is 23.8. The maximum Gasteiger partial charge on any atom is 0.251 e. The highest BCUT2D eigenvalue weighted by atomic mass is 16.5. The molecule has 1 amide bonds. The van der Waals surface area contributed by atoms with Crippen molar-refractivity contribution in [1.29, 1.82) is 0 Å². The number of ether oxygens (including phenoxy) is 1. The first-order chi connectivity index (χ1) is 14.7. The summed E-state index contributed by atoms with van der Waals surface area (Å²) in [5, 5.41) is 3.25. The van der Waals surface area contributed by atoms with Gasteiger partial charge in [0.1, 0.15) is 11.9 Å². The van der Waals surface area contributed by atoms with E-state index in [1.54, 1.807) is 0 Å². The molecule has 30 heavy (non-hydrogen) atoms. The lowest BCUT2D eigenvalue weighted by Gasteiger charge is -2.41. The highest BCUT2D eigenvalue weighted by molar-refractivity contribution is 5.94. The van der Waals surface area contributed by atoms with E-state index in [9.17, 15) is 4.79 Å². The van der Waals surface area contributed by atoms with Crippen molar-refractivity contribution in [2.75, 3.05) is 33.2 Å². The molecule has 1 saturated carbocycles. The smallest absolute Gasteiger partial charge is 0.251 e. The lowest BCUT2D eigenvalue weighted by molar-refractivity contribution is 0.0525. The molecule has 1 aromatic rings. The number of nitrogens with one attached hydrogen (secondary N) is 1. The summed E-state index contributed by atoms with van der Waals surface area (Å²) < 4.78 is 6.29. The third-order valence-corrected chi connectivity index (χ3v) is 7.27. The fourth-order valence-electron chi connectivity index (χ4n) is 5.31. The predicted molar refractivity (Wildman–Crippen MR) is 121 cm³/mol. The largest absolute Gasteiger partial charge is 0.490 e. The standard InChI is InChI=1S/C25H39N3O2/c1-27-15-11-22(12-16-27)28-17-13-23(14-18-28)30-24-10-6-7-20(19-24)25(29)26-21-8-4-2-3-5-9-21/h6-7,10,19,21-23H,2-5,8-9,11-18H2,1H3,(H,26,29). The van der Waals surface area contributed by atoms with E-state index in [1.165, 1.54) is 51.6 Å². The topological polar surface area (TPSA) is 44.8 Å². The second-order valence-electron chi connectivity index (χ2n) is 9.58. The number of hydrogen-bond acceptors (Lipinski definition) is 4. The second-order valence-corrected chi connectivity index (χ2v) is 9.58. The van der Waals surface area contributed by atoms with E-state index in [0.717, 1.165) is 56.1 Å². The van der Waals surface area contributed by atoms with E-state index < -0.39 is 0 Å². The van der Waals surface area contributed by atoms with E-state index in [0.29, 0.717) is 6.04 Å². The Balaban J connectivity index is 1.26. The van der Waals surface area contributed by atoms with E-state index in [4.69, 9.17) is 4.74 Å². The van der Waals surface area contributed by atoms with Crippen molar-refractivity contribution in [3.05, 3.63) is 29.8 Å². The van der Waals surface area contributed by atoms with Gasteiger partial charge in [-0.2, -0.15) is 0 Å². The zero-order valence-electron chi connectivity index (χ0n) is 18.7. The molecule has 5 heteroatoms. The summed E-state index contributed by atoms with van der Waals surface area (Å²) in [6.07, 6.45) is 12.3. The third-order valence-electron chi connectivity index (χ3n) is 7.27. The number of nitrogens with zero attached hydrogens (tertiary/aromatic N) is 2. The number of benzene rings is 1. The molecule has 3 aliphatic rings. The number of carbonyl (C=O) groups excluding carboxylic acids is 1.